The van der Waals surface area contributed by atoms with Crippen LogP contribution >= 0.6 is 0 Å². The molecule has 2 fully saturated rings. The lowest BCUT2D eigenvalue weighted by Gasteiger charge is -2.25. The number of nitrogens with zero attached hydrogens (tertiary/aromatic N) is 7. The summed E-state index contributed by atoms with van der Waals surface area (Å²) in [5.41, 5.74) is 2.48. The summed E-state index contributed by atoms with van der Waals surface area (Å²) in [6, 6.07) is 2.80. The van der Waals surface area contributed by atoms with E-state index >= 15 is 0 Å². The summed E-state index contributed by atoms with van der Waals surface area (Å²) in [5.74, 6) is -0.955. The topological polar surface area (TPSA) is 84.7 Å². The SMILES string of the molecule is Fc1ccc(F)c([C@H]2C[C@H](F)CN2c2ncc3ncnc(-c4cnn(C5CCNCC5)c4)c3n2)c1. The molecule has 2 aliphatic rings. The van der Waals surface area contributed by atoms with E-state index in [9.17, 15) is 13.2 Å². The second kappa shape index (κ2) is 8.88. The monoisotopic (exact) mass is 480 g/mol. The molecule has 2 aliphatic heterocycles. The molecule has 5 heterocycles. The largest absolute Gasteiger partial charge is 0.331 e. The van der Waals surface area contributed by atoms with Crippen molar-refractivity contribution in [2.24, 2.45) is 0 Å². The van der Waals surface area contributed by atoms with E-state index < -0.39 is 23.8 Å². The Kier molecular flexibility index (Phi) is 5.56. The molecule has 1 aromatic carbocycles. The fourth-order valence-electron chi connectivity index (χ4n) is 5.00. The second-order valence-corrected chi connectivity index (χ2v) is 8.98. The van der Waals surface area contributed by atoms with Gasteiger partial charge in [0.1, 0.15) is 40.9 Å². The van der Waals surface area contributed by atoms with Crippen LogP contribution in [0.2, 0.25) is 0 Å². The van der Waals surface area contributed by atoms with Gasteiger partial charge in [-0.15, -0.1) is 0 Å². The maximum absolute atomic E-state index is 14.5. The van der Waals surface area contributed by atoms with Crippen LogP contribution in [0.25, 0.3) is 22.3 Å². The summed E-state index contributed by atoms with van der Waals surface area (Å²) >= 11 is 0. The van der Waals surface area contributed by atoms with Crippen molar-refractivity contribution in [3.63, 3.8) is 0 Å². The molecule has 6 rings (SSSR count). The van der Waals surface area contributed by atoms with Crippen LogP contribution in [0.4, 0.5) is 19.1 Å². The molecule has 2 saturated heterocycles. The highest BCUT2D eigenvalue weighted by Crippen LogP contribution is 2.38. The number of aromatic nitrogens is 6. The van der Waals surface area contributed by atoms with Gasteiger partial charge in [0.2, 0.25) is 5.95 Å². The predicted octanol–water partition coefficient (Wildman–Crippen LogP) is 3.78. The number of piperidine rings is 1. The number of hydrogen-bond acceptors (Lipinski definition) is 7. The minimum atomic E-state index is -1.23. The Hall–Kier alpha value is -3.60. The average molecular weight is 480 g/mol. The zero-order valence-electron chi connectivity index (χ0n) is 18.8. The Labute approximate surface area is 199 Å². The van der Waals surface area contributed by atoms with Crippen LogP contribution in [0.1, 0.15) is 36.9 Å². The summed E-state index contributed by atoms with van der Waals surface area (Å²) in [6.45, 7) is 1.87. The predicted molar refractivity (Wildman–Crippen MR) is 123 cm³/mol. The van der Waals surface area contributed by atoms with Crippen molar-refractivity contribution in [1.82, 2.24) is 35.0 Å². The number of halogens is 3. The van der Waals surface area contributed by atoms with Gasteiger partial charge < -0.3 is 10.2 Å². The van der Waals surface area contributed by atoms with E-state index in [1.165, 1.54) is 6.33 Å². The standard InChI is InChI=1S/C24H23F3N8/c25-15-1-2-19(27)18(7-15)21-8-16(26)12-34(21)24-29-10-20-23(33-24)22(31-13-30-20)14-9-32-35(11-14)17-3-5-28-6-4-17/h1-2,7,9-11,13,16-17,21,28H,3-6,8,12H2/t16-,21+/m0/s1. The molecule has 0 bridgehead atoms. The van der Waals surface area contributed by atoms with Gasteiger partial charge in [0, 0.05) is 23.7 Å². The first-order valence-corrected chi connectivity index (χ1v) is 11.7. The van der Waals surface area contributed by atoms with E-state index in [1.54, 1.807) is 17.3 Å². The molecule has 11 heteroatoms. The average Bonchev–Trinajstić information content (AvgIpc) is 3.52. The van der Waals surface area contributed by atoms with Crippen LogP contribution in [-0.2, 0) is 0 Å². The highest BCUT2D eigenvalue weighted by Gasteiger charge is 2.37. The van der Waals surface area contributed by atoms with Crippen molar-refractivity contribution in [2.75, 3.05) is 24.5 Å². The Balaban J connectivity index is 1.39. The van der Waals surface area contributed by atoms with Crippen molar-refractivity contribution in [3.05, 3.63) is 60.3 Å². The minimum absolute atomic E-state index is 0.0168. The van der Waals surface area contributed by atoms with Crippen LogP contribution in [-0.4, -0.2) is 55.5 Å². The Morgan fingerprint density at radius 2 is 1.89 bits per heavy atom. The summed E-state index contributed by atoms with van der Waals surface area (Å²) < 4.78 is 44.9. The molecule has 8 nitrogen and oxygen atoms in total. The van der Waals surface area contributed by atoms with Crippen LogP contribution in [0.3, 0.4) is 0 Å². The van der Waals surface area contributed by atoms with E-state index in [0.717, 1.165) is 49.7 Å². The molecule has 0 amide bonds. The lowest BCUT2D eigenvalue weighted by Crippen LogP contribution is -2.29. The quantitative estimate of drug-likeness (QED) is 0.476. The Bertz CT molecular complexity index is 1370. The second-order valence-electron chi connectivity index (χ2n) is 8.98. The van der Waals surface area contributed by atoms with E-state index in [1.807, 2.05) is 10.9 Å². The molecule has 2 atom stereocenters. The van der Waals surface area contributed by atoms with Crippen LogP contribution in [0, 0.1) is 11.6 Å². The molecule has 0 saturated carbocycles. The molecule has 180 valence electrons. The molecule has 3 aromatic heterocycles. The number of nitrogens with one attached hydrogen (secondary N) is 1. The molecule has 0 aliphatic carbocycles. The number of hydrogen-bond donors (Lipinski definition) is 1. The van der Waals surface area contributed by atoms with E-state index in [4.69, 9.17) is 0 Å². The number of fused-ring (bicyclic) bond motifs is 1. The molecule has 1 N–H and O–H groups in total. The van der Waals surface area contributed by atoms with Crippen LogP contribution in [0.5, 0.6) is 0 Å². The van der Waals surface area contributed by atoms with Gasteiger partial charge in [-0.3, -0.25) is 4.68 Å². The minimum Gasteiger partial charge on any atom is -0.331 e. The lowest BCUT2D eigenvalue weighted by atomic mass is 10.0. The van der Waals surface area contributed by atoms with Gasteiger partial charge in [0.25, 0.3) is 0 Å². The third-order valence-electron chi connectivity index (χ3n) is 6.75. The van der Waals surface area contributed by atoms with Gasteiger partial charge in [0.05, 0.1) is 31.0 Å². The third-order valence-corrected chi connectivity index (χ3v) is 6.75. The summed E-state index contributed by atoms with van der Waals surface area (Å²) in [6.07, 6.45) is 7.48. The summed E-state index contributed by atoms with van der Waals surface area (Å²) in [5, 5.41) is 7.90. The molecule has 0 spiro atoms. The third kappa shape index (κ3) is 4.09. The van der Waals surface area contributed by atoms with Crippen molar-refractivity contribution < 1.29 is 13.2 Å². The van der Waals surface area contributed by atoms with Crippen LogP contribution in [0.15, 0.2) is 43.1 Å². The first kappa shape index (κ1) is 21.9. The van der Waals surface area contributed by atoms with Crippen molar-refractivity contribution in [2.45, 2.75) is 37.5 Å². The van der Waals surface area contributed by atoms with Crippen molar-refractivity contribution in [3.8, 4) is 11.3 Å². The fourth-order valence-corrected chi connectivity index (χ4v) is 5.00. The zero-order chi connectivity index (χ0) is 23.9. The normalized spacial score (nSPS) is 21.2. The van der Waals surface area contributed by atoms with Gasteiger partial charge in [-0.2, -0.15) is 5.10 Å². The molecule has 0 radical (unpaired) electrons. The van der Waals surface area contributed by atoms with Gasteiger partial charge in [-0.25, -0.2) is 33.1 Å². The summed E-state index contributed by atoms with van der Waals surface area (Å²) in [7, 11) is 0. The molecule has 35 heavy (non-hydrogen) atoms. The number of rotatable bonds is 4. The van der Waals surface area contributed by atoms with Gasteiger partial charge in [-0.05, 0) is 44.1 Å². The van der Waals surface area contributed by atoms with Crippen molar-refractivity contribution in [1.29, 1.82) is 0 Å². The molecular weight excluding hydrogens is 457 g/mol. The number of anilines is 1. The highest BCUT2D eigenvalue weighted by molar-refractivity contribution is 5.88. The van der Waals surface area contributed by atoms with Gasteiger partial charge in [0.15, 0.2) is 0 Å². The fraction of sp³-hybridized carbons (Fsp3) is 0.375. The van der Waals surface area contributed by atoms with E-state index in [-0.39, 0.29) is 24.5 Å². The molecule has 4 aromatic rings. The van der Waals surface area contributed by atoms with E-state index in [0.29, 0.717) is 22.8 Å². The lowest BCUT2D eigenvalue weighted by molar-refractivity contribution is 0.343. The molecule has 0 unspecified atom stereocenters. The van der Waals surface area contributed by atoms with Crippen LogP contribution < -0.4 is 10.2 Å². The highest BCUT2D eigenvalue weighted by atomic mass is 19.1. The maximum Gasteiger partial charge on any atom is 0.226 e. The number of alkyl halides is 1. The van der Waals surface area contributed by atoms with Gasteiger partial charge in [-0.1, -0.05) is 0 Å². The van der Waals surface area contributed by atoms with Crippen molar-refractivity contribution >= 4 is 17.0 Å². The Morgan fingerprint density at radius 3 is 2.74 bits per heavy atom. The maximum atomic E-state index is 14.5. The first-order valence-electron chi connectivity index (χ1n) is 11.7. The zero-order valence-corrected chi connectivity index (χ0v) is 18.8. The summed E-state index contributed by atoms with van der Waals surface area (Å²) in [4.78, 5) is 19.4. The number of benzene rings is 1. The first-order chi connectivity index (χ1) is 17.1. The molecular formula is C24H23F3N8. The van der Waals surface area contributed by atoms with E-state index in [2.05, 4.69) is 30.4 Å². The smallest absolute Gasteiger partial charge is 0.226 e. The van der Waals surface area contributed by atoms with Gasteiger partial charge >= 0.3 is 0 Å². The Morgan fingerprint density at radius 1 is 1.03 bits per heavy atom.